The highest BCUT2D eigenvalue weighted by molar-refractivity contribution is 5.36. The first-order chi connectivity index (χ1) is 30.0. The van der Waals surface area contributed by atoms with Crippen molar-refractivity contribution in [2.75, 3.05) is 26.4 Å². The highest BCUT2D eigenvalue weighted by atomic mass is 16.8. The maximum atomic E-state index is 12.2. The van der Waals surface area contributed by atoms with Crippen molar-refractivity contribution in [3.05, 3.63) is 12.2 Å². The van der Waals surface area contributed by atoms with Gasteiger partial charge >= 0.3 is 0 Å². The molecule has 4 heterocycles. The van der Waals surface area contributed by atoms with E-state index in [0.717, 1.165) is 38.5 Å². The largest absolute Gasteiger partial charge is 0.396 e. The Morgan fingerprint density at radius 3 is 2.06 bits per heavy atom. The van der Waals surface area contributed by atoms with Gasteiger partial charge in [-0.2, -0.15) is 0 Å². The van der Waals surface area contributed by atoms with Crippen LogP contribution >= 0.6 is 0 Å². The fourth-order valence-electron chi connectivity index (χ4n) is 15.5. The van der Waals surface area contributed by atoms with Crippen molar-refractivity contribution in [1.82, 2.24) is 0 Å². The molecular weight excluding hydrogens is 837 g/mol. The minimum atomic E-state index is -1.85. The SMILES string of the molecule is C[C@H]1O[C@@H](O[C@@H]2CC[C@]3(C)[C@@H](CC[C@@]4(C)[C@H]3C=C[C@@]35OC[C@]6(CCC(C)(C)C[C@H]63)[C@H](O)C[C@]45C)[C@]2(C)CO)[C@H](O)[C@H](O[C@H]2O[C@@H](CO)[C@@H](O[C@@H]3OC[C@H](O)[C@H](O)[C@@H]3O)[C@@H](O)[C@@H]2O)[C@H]1O. The number of aliphatic hydroxyl groups is 10. The quantitative estimate of drug-likeness (QED) is 0.116. The topological polar surface area (TPSA) is 267 Å². The lowest BCUT2D eigenvalue weighted by molar-refractivity contribution is -0.379. The van der Waals surface area contributed by atoms with Crippen molar-refractivity contribution in [1.29, 1.82) is 0 Å². The van der Waals surface area contributed by atoms with E-state index >= 15 is 0 Å². The summed E-state index contributed by atoms with van der Waals surface area (Å²) in [7, 11) is 0. The third-order valence-electron chi connectivity index (χ3n) is 19.6. The van der Waals surface area contributed by atoms with Crippen LogP contribution in [0, 0.1) is 50.2 Å². The molecule has 8 fully saturated rings. The second kappa shape index (κ2) is 16.3. The Balaban J connectivity index is 0.918. The van der Waals surface area contributed by atoms with E-state index in [-0.39, 0.29) is 58.0 Å². The van der Waals surface area contributed by atoms with Crippen molar-refractivity contribution in [2.24, 2.45) is 50.2 Å². The molecule has 1 spiro atoms. The van der Waals surface area contributed by atoms with Crippen molar-refractivity contribution in [3.8, 4) is 0 Å². The van der Waals surface area contributed by atoms with Gasteiger partial charge in [-0.3, -0.25) is 0 Å². The second-order valence-electron chi connectivity index (χ2n) is 23.3. The summed E-state index contributed by atoms with van der Waals surface area (Å²) in [4.78, 5) is 0. The number of rotatable bonds is 8. The summed E-state index contributed by atoms with van der Waals surface area (Å²) in [5, 5.41) is 110. The second-order valence-corrected chi connectivity index (χ2v) is 23.3. The molecule has 0 amide bonds. The monoisotopic (exact) mass is 913 g/mol. The van der Waals surface area contributed by atoms with E-state index in [2.05, 4.69) is 46.8 Å². The van der Waals surface area contributed by atoms with Gasteiger partial charge in [0.15, 0.2) is 18.9 Å². The van der Waals surface area contributed by atoms with Crippen LogP contribution in [0.4, 0.5) is 0 Å². The molecule has 9 rings (SSSR count). The predicted molar refractivity (Wildman–Crippen MR) is 223 cm³/mol. The molecule has 25 atom stereocenters. The Morgan fingerprint density at radius 1 is 0.672 bits per heavy atom. The molecule has 10 N–H and O–H groups in total. The first-order valence-electron chi connectivity index (χ1n) is 23.9. The number of hydrogen-bond acceptors (Lipinski definition) is 17. The van der Waals surface area contributed by atoms with Crippen LogP contribution in [-0.4, -0.2) is 181 Å². The van der Waals surface area contributed by atoms with Gasteiger partial charge in [-0.1, -0.05) is 53.7 Å². The molecule has 5 aliphatic carbocycles. The van der Waals surface area contributed by atoms with Gasteiger partial charge in [0.2, 0.25) is 0 Å². The number of ether oxygens (including phenoxy) is 7. The molecule has 366 valence electrons. The average molecular weight is 913 g/mol. The summed E-state index contributed by atoms with van der Waals surface area (Å²) >= 11 is 0. The molecule has 4 saturated carbocycles. The van der Waals surface area contributed by atoms with Crippen molar-refractivity contribution in [3.63, 3.8) is 0 Å². The van der Waals surface area contributed by atoms with Crippen LogP contribution in [0.1, 0.15) is 99.8 Å². The third-order valence-corrected chi connectivity index (χ3v) is 19.6. The van der Waals surface area contributed by atoms with Gasteiger partial charge in [-0.25, -0.2) is 0 Å². The van der Waals surface area contributed by atoms with Gasteiger partial charge in [0, 0.05) is 22.2 Å². The molecule has 9 aliphatic rings. The summed E-state index contributed by atoms with van der Waals surface area (Å²) in [6.45, 7) is 14.7. The molecule has 0 aromatic heterocycles. The average Bonchev–Trinajstić information content (AvgIpc) is 3.53. The van der Waals surface area contributed by atoms with Crippen molar-refractivity contribution >= 4 is 0 Å². The van der Waals surface area contributed by atoms with Crippen LogP contribution in [0.3, 0.4) is 0 Å². The zero-order valence-electron chi connectivity index (χ0n) is 38.4. The van der Waals surface area contributed by atoms with E-state index in [9.17, 15) is 51.1 Å². The normalized spacial score (nSPS) is 59.0. The van der Waals surface area contributed by atoms with Crippen LogP contribution in [0.2, 0.25) is 0 Å². The first-order valence-corrected chi connectivity index (χ1v) is 23.9. The zero-order chi connectivity index (χ0) is 46.3. The van der Waals surface area contributed by atoms with Crippen molar-refractivity contribution < 1.29 is 84.2 Å². The molecule has 17 heteroatoms. The van der Waals surface area contributed by atoms with E-state index in [0.29, 0.717) is 19.4 Å². The highest BCUT2D eigenvalue weighted by Crippen LogP contribution is 2.79. The van der Waals surface area contributed by atoms with Crippen LogP contribution in [-0.2, 0) is 33.2 Å². The Labute approximate surface area is 376 Å². The molecular formula is C47H76O17. The minimum Gasteiger partial charge on any atom is -0.396 e. The molecule has 0 radical (unpaired) electrons. The summed E-state index contributed by atoms with van der Waals surface area (Å²) in [6, 6.07) is 0. The Hall–Kier alpha value is -0.940. The van der Waals surface area contributed by atoms with Gasteiger partial charge < -0.3 is 84.2 Å². The van der Waals surface area contributed by atoms with E-state index in [1.807, 2.05) is 6.92 Å². The minimum absolute atomic E-state index is 0.00283. The molecule has 2 bridgehead atoms. The lowest BCUT2D eigenvalue weighted by Crippen LogP contribution is -2.72. The molecule has 64 heavy (non-hydrogen) atoms. The van der Waals surface area contributed by atoms with Gasteiger partial charge in [0.25, 0.3) is 0 Å². The van der Waals surface area contributed by atoms with E-state index in [1.165, 1.54) is 0 Å². The van der Waals surface area contributed by atoms with Gasteiger partial charge in [0.1, 0.15) is 61.0 Å². The summed E-state index contributed by atoms with van der Waals surface area (Å²) < 4.78 is 42.7. The number of fused-ring (bicyclic) bond motifs is 4. The molecule has 0 unspecified atom stereocenters. The standard InChI is InChI=1S/C47H76O17/c1-22-30(52)37(64-39-34(56)32(54)36(24(18-48)61-39)63-38-33(55)31(53)23(50)19-58-38)35(57)40(60-22)62-29-10-11-42(4)25(43(29,5)20-49)8-12-44(6)26(42)9-13-47-27-16-41(2,3)14-15-46(27,21-59-47)28(51)17-45(44,47)7/h9,13,22-40,48-57H,8,10-12,14-21H2,1-7H3/t22-,23+,24+,25-,26+,27-,28-,29-,30+,31+,32+,33+,34+,35-,36-,37-,38+,39-,40+,42-,43+,44+,45-,46+,47-/m1/s1. The van der Waals surface area contributed by atoms with Crippen LogP contribution in [0.25, 0.3) is 0 Å². The zero-order valence-corrected chi connectivity index (χ0v) is 38.4. The molecule has 4 saturated heterocycles. The molecule has 17 nitrogen and oxygen atoms in total. The lowest BCUT2D eigenvalue weighted by Gasteiger charge is -2.73. The molecule has 0 aromatic carbocycles. The fraction of sp³-hybridized carbons (Fsp3) is 0.957. The third kappa shape index (κ3) is 6.72. The van der Waals surface area contributed by atoms with Crippen LogP contribution in [0.5, 0.6) is 0 Å². The highest BCUT2D eigenvalue weighted by Gasteiger charge is 2.79. The maximum Gasteiger partial charge on any atom is 0.187 e. The van der Waals surface area contributed by atoms with Gasteiger partial charge in [-0.15, -0.1) is 0 Å². The summed E-state index contributed by atoms with van der Waals surface area (Å²) in [5.41, 5.74) is -2.14. The smallest absolute Gasteiger partial charge is 0.187 e. The van der Waals surface area contributed by atoms with E-state index in [1.54, 1.807) is 6.92 Å². The molecule has 0 aromatic rings. The van der Waals surface area contributed by atoms with E-state index < -0.39 is 116 Å². The number of hydrogen-bond donors (Lipinski definition) is 10. The Morgan fingerprint density at radius 2 is 1.36 bits per heavy atom. The first kappa shape index (κ1) is 48.1. The van der Waals surface area contributed by atoms with Gasteiger partial charge in [0.05, 0.1) is 50.3 Å². The predicted octanol–water partition coefficient (Wildman–Crippen LogP) is 0.240. The summed E-state index contributed by atoms with van der Waals surface area (Å²) in [5.74, 6) is 0.344. The summed E-state index contributed by atoms with van der Waals surface area (Å²) in [6.07, 6.45) is -10.8. The lowest BCUT2D eigenvalue weighted by atomic mass is 9.32. The Kier molecular flexibility index (Phi) is 12.3. The number of allylic oxidation sites excluding steroid dienone is 1. The number of aliphatic hydroxyl groups excluding tert-OH is 10. The van der Waals surface area contributed by atoms with Crippen LogP contribution < -0.4 is 0 Å². The van der Waals surface area contributed by atoms with Crippen molar-refractivity contribution in [2.45, 2.75) is 204 Å². The van der Waals surface area contributed by atoms with E-state index in [4.69, 9.17) is 33.2 Å². The fourth-order valence-corrected chi connectivity index (χ4v) is 15.5. The maximum absolute atomic E-state index is 12.2. The van der Waals surface area contributed by atoms with Crippen LogP contribution in [0.15, 0.2) is 12.2 Å². The Bertz CT molecular complexity index is 1750. The van der Waals surface area contributed by atoms with Gasteiger partial charge in [-0.05, 0) is 86.4 Å². The molecule has 4 aliphatic heterocycles.